The van der Waals surface area contributed by atoms with Gasteiger partial charge in [-0.1, -0.05) is 11.6 Å². The van der Waals surface area contributed by atoms with Gasteiger partial charge in [-0.15, -0.1) is 0 Å². The number of ketones is 1. The number of rotatable bonds is 4. The van der Waals surface area contributed by atoms with E-state index in [2.05, 4.69) is 17.1 Å². The first kappa shape index (κ1) is 13.5. The Morgan fingerprint density at radius 3 is 2.83 bits per heavy atom. The SMILES string of the molecule is CC1CNCCN1CCC(=O)c1ccc(Cl)cc1. The zero-order valence-electron chi connectivity index (χ0n) is 10.7. The molecule has 0 amide bonds. The second-order valence-electron chi connectivity index (χ2n) is 4.77. The van der Waals surface area contributed by atoms with Crippen molar-refractivity contribution in [1.82, 2.24) is 10.2 Å². The summed E-state index contributed by atoms with van der Waals surface area (Å²) in [5.74, 6) is 0.192. The summed E-state index contributed by atoms with van der Waals surface area (Å²) < 4.78 is 0. The summed E-state index contributed by atoms with van der Waals surface area (Å²) in [4.78, 5) is 14.4. The number of nitrogens with one attached hydrogen (secondary N) is 1. The fourth-order valence-corrected chi connectivity index (χ4v) is 2.37. The van der Waals surface area contributed by atoms with E-state index in [0.29, 0.717) is 17.5 Å². The number of piperazine rings is 1. The van der Waals surface area contributed by atoms with Crippen LogP contribution in [0.4, 0.5) is 0 Å². The van der Waals surface area contributed by atoms with E-state index in [1.165, 1.54) is 0 Å². The van der Waals surface area contributed by atoms with Crippen molar-refractivity contribution in [3.8, 4) is 0 Å². The Balaban J connectivity index is 1.86. The largest absolute Gasteiger partial charge is 0.314 e. The maximum absolute atomic E-state index is 12.0. The standard InChI is InChI=1S/C14H19ClN2O/c1-11-10-16-7-9-17(11)8-6-14(18)12-2-4-13(15)5-3-12/h2-5,11,16H,6-10H2,1H3. The minimum atomic E-state index is 0.192. The molecular weight excluding hydrogens is 248 g/mol. The first-order chi connectivity index (χ1) is 8.66. The van der Waals surface area contributed by atoms with Crippen molar-refractivity contribution in [2.45, 2.75) is 19.4 Å². The maximum Gasteiger partial charge on any atom is 0.164 e. The van der Waals surface area contributed by atoms with Crippen LogP contribution in [0.3, 0.4) is 0 Å². The van der Waals surface area contributed by atoms with E-state index in [9.17, 15) is 4.79 Å². The molecule has 18 heavy (non-hydrogen) atoms. The molecule has 1 N–H and O–H groups in total. The van der Waals surface area contributed by atoms with Gasteiger partial charge in [0.1, 0.15) is 0 Å². The fraction of sp³-hybridized carbons (Fsp3) is 0.500. The van der Waals surface area contributed by atoms with Crippen LogP contribution >= 0.6 is 11.6 Å². The summed E-state index contributed by atoms with van der Waals surface area (Å²) in [5.41, 5.74) is 0.752. The lowest BCUT2D eigenvalue weighted by Gasteiger charge is -2.33. The number of hydrogen-bond acceptors (Lipinski definition) is 3. The van der Waals surface area contributed by atoms with Gasteiger partial charge in [0.2, 0.25) is 0 Å². The topological polar surface area (TPSA) is 32.3 Å². The highest BCUT2D eigenvalue weighted by Crippen LogP contribution is 2.12. The van der Waals surface area contributed by atoms with E-state index >= 15 is 0 Å². The summed E-state index contributed by atoms with van der Waals surface area (Å²) in [6, 6.07) is 7.64. The van der Waals surface area contributed by atoms with Crippen LogP contribution in [0.25, 0.3) is 0 Å². The lowest BCUT2D eigenvalue weighted by molar-refractivity contribution is 0.0942. The number of carbonyl (C=O) groups is 1. The number of Topliss-reactive ketones (excluding diaryl/α,β-unsaturated/α-hetero) is 1. The molecule has 1 aliphatic rings. The zero-order valence-corrected chi connectivity index (χ0v) is 11.4. The fourth-order valence-electron chi connectivity index (χ4n) is 2.24. The third kappa shape index (κ3) is 3.55. The average Bonchev–Trinajstić information content (AvgIpc) is 2.38. The summed E-state index contributed by atoms with van der Waals surface area (Å²) >= 11 is 5.81. The number of nitrogens with zero attached hydrogens (tertiary/aromatic N) is 1. The molecule has 1 aliphatic heterocycles. The molecule has 1 heterocycles. The first-order valence-corrected chi connectivity index (χ1v) is 6.78. The van der Waals surface area contributed by atoms with Gasteiger partial charge >= 0.3 is 0 Å². The first-order valence-electron chi connectivity index (χ1n) is 6.40. The van der Waals surface area contributed by atoms with Gasteiger partial charge in [-0.25, -0.2) is 0 Å². The van der Waals surface area contributed by atoms with Crippen LogP contribution in [-0.2, 0) is 0 Å². The highest BCUT2D eigenvalue weighted by atomic mass is 35.5. The van der Waals surface area contributed by atoms with Gasteiger partial charge in [-0.3, -0.25) is 9.69 Å². The maximum atomic E-state index is 12.0. The van der Waals surface area contributed by atoms with Crippen molar-refractivity contribution in [3.63, 3.8) is 0 Å². The number of benzene rings is 1. The summed E-state index contributed by atoms with van der Waals surface area (Å²) in [5, 5.41) is 4.02. The average molecular weight is 267 g/mol. The summed E-state index contributed by atoms with van der Waals surface area (Å²) in [7, 11) is 0. The molecule has 2 rings (SSSR count). The van der Waals surface area contributed by atoms with Crippen molar-refractivity contribution in [2.24, 2.45) is 0 Å². The molecule has 0 aliphatic carbocycles. The Bertz CT molecular complexity index is 405. The van der Waals surface area contributed by atoms with Crippen LogP contribution in [0.15, 0.2) is 24.3 Å². The molecule has 0 saturated carbocycles. The predicted octanol–water partition coefficient (Wildman–Crippen LogP) is 2.21. The van der Waals surface area contributed by atoms with Crippen LogP contribution in [0.5, 0.6) is 0 Å². The molecule has 1 fully saturated rings. The smallest absolute Gasteiger partial charge is 0.164 e. The lowest BCUT2D eigenvalue weighted by atomic mass is 10.1. The minimum Gasteiger partial charge on any atom is -0.314 e. The summed E-state index contributed by atoms with van der Waals surface area (Å²) in [6.07, 6.45) is 0.575. The Morgan fingerprint density at radius 1 is 1.44 bits per heavy atom. The van der Waals surface area contributed by atoms with Crippen molar-refractivity contribution in [2.75, 3.05) is 26.2 Å². The highest BCUT2D eigenvalue weighted by molar-refractivity contribution is 6.30. The molecule has 1 atom stereocenters. The second kappa shape index (κ2) is 6.32. The van der Waals surface area contributed by atoms with Crippen LogP contribution in [0.1, 0.15) is 23.7 Å². The number of carbonyl (C=O) groups excluding carboxylic acids is 1. The molecule has 3 nitrogen and oxygen atoms in total. The van der Waals surface area contributed by atoms with E-state index in [0.717, 1.165) is 31.7 Å². The van der Waals surface area contributed by atoms with Crippen molar-refractivity contribution >= 4 is 17.4 Å². The summed E-state index contributed by atoms with van der Waals surface area (Å²) in [6.45, 7) is 6.08. The van der Waals surface area contributed by atoms with E-state index < -0.39 is 0 Å². The van der Waals surface area contributed by atoms with E-state index in [4.69, 9.17) is 11.6 Å². The lowest BCUT2D eigenvalue weighted by Crippen LogP contribution is -2.50. The number of hydrogen-bond donors (Lipinski definition) is 1. The molecule has 0 spiro atoms. The van der Waals surface area contributed by atoms with Crippen LogP contribution in [0, 0.1) is 0 Å². The van der Waals surface area contributed by atoms with E-state index in [-0.39, 0.29) is 5.78 Å². The van der Waals surface area contributed by atoms with Crippen LogP contribution in [-0.4, -0.2) is 42.9 Å². The van der Waals surface area contributed by atoms with Gasteiger partial charge in [0, 0.05) is 49.2 Å². The molecule has 1 unspecified atom stereocenters. The van der Waals surface area contributed by atoms with Gasteiger partial charge < -0.3 is 5.32 Å². The molecule has 0 radical (unpaired) electrons. The van der Waals surface area contributed by atoms with Crippen LogP contribution in [0.2, 0.25) is 5.02 Å². The molecular formula is C14H19ClN2O. The van der Waals surface area contributed by atoms with Gasteiger partial charge in [0.05, 0.1) is 0 Å². The Kier molecular flexibility index (Phi) is 4.75. The third-order valence-electron chi connectivity index (χ3n) is 3.43. The van der Waals surface area contributed by atoms with Gasteiger partial charge in [-0.2, -0.15) is 0 Å². The second-order valence-corrected chi connectivity index (χ2v) is 5.21. The molecule has 1 saturated heterocycles. The molecule has 1 aromatic carbocycles. The zero-order chi connectivity index (χ0) is 13.0. The molecule has 0 bridgehead atoms. The monoisotopic (exact) mass is 266 g/mol. The normalized spacial score (nSPS) is 20.9. The van der Waals surface area contributed by atoms with E-state index in [1.54, 1.807) is 24.3 Å². The van der Waals surface area contributed by atoms with Gasteiger partial charge in [0.25, 0.3) is 0 Å². The van der Waals surface area contributed by atoms with Crippen molar-refractivity contribution in [1.29, 1.82) is 0 Å². The highest BCUT2D eigenvalue weighted by Gasteiger charge is 2.18. The molecule has 4 heteroatoms. The Hall–Kier alpha value is -0.900. The predicted molar refractivity (Wildman–Crippen MR) is 74.3 cm³/mol. The minimum absolute atomic E-state index is 0.192. The molecule has 0 aromatic heterocycles. The molecule has 98 valence electrons. The van der Waals surface area contributed by atoms with Crippen molar-refractivity contribution < 1.29 is 4.79 Å². The third-order valence-corrected chi connectivity index (χ3v) is 3.68. The quantitative estimate of drug-likeness (QED) is 0.848. The Labute approximate surface area is 113 Å². The van der Waals surface area contributed by atoms with Gasteiger partial charge in [-0.05, 0) is 31.2 Å². The van der Waals surface area contributed by atoms with Gasteiger partial charge in [0.15, 0.2) is 5.78 Å². The van der Waals surface area contributed by atoms with E-state index in [1.807, 2.05) is 0 Å². The Morgan fingerprint density at radius 2 is 2.17 bits per heavy atom. The van der Waals surface area contributed by atoms with Crippen LogP contribution < -0.4 is 5.32 Å². The molecule has 1 aromatic rings. The van der Waals surface area contributed by atoms with Crippen molar-refractivity contribution in [3.05, 3.63) is 34.9 Å². The number of halogens is 1.